The summed E-state index contributed by atoms with van der Waals surface area (Å²) in [7, 11) is 0. The summed E-state index contributed by atoms with van der Waals surface area (Å²) in [6.45, 7) is 1.03. The zero-order chi connectivity index (χ0) is 14.8. The number of pyridine rings is 1. The molecule has 1 aliphatic heterocycles. The van der Waals surface area contributed by atoms with E-state index in [4.69, 9.17) is 16.3 Å². The minimum absolute atomic E-state index is 0.0785. The Bertz CT molecular complexity index is 502. The van der Waals surface area contributed by atoms with E-state index in [1.807, 2.05) is 0 Å². The van der Waals surface area contributed by atoms with Crippen molar-refractivity contribution in [1.29, 1.82) is 0 Å². The summed E-state index contributed by atoms with van der Waals surface area (Å²) in [4.78, 5) is 15.1. The number of hydrogen-bond donors (Lipinski definition) is 1. The van der Waals surface area contributed by atoms with Gasteiger partial charge in [0, 0.05) is 12.8 Å². The van der Waals surface area contributed by atoms with Gasteiger partial charge in [0.05, 0.1) is 23.2 Å². The van der Waals surface area contributed by atoms with E-state index in [1.165, 1.54) is 0 Å². The molecule has 1 saturated heterocycles. The molecule has 0 bridgehead atoms. The second kappa shape index (κ2) is 5.97. The molecule has 0 unspecified atom stereocenters. The Morgan fingerprint density at radius 3 is 2.80 bits per heavy atom. The molecule has 0 aliphatic carbocycles. The van der Waals surface area contributed by atoms with E-state index in [-0.39, 0.29) is 16.6 Å². The summed E-state index contributed by atoms with van der Waals surface area (Å²) in [6, 6.07) is 0.489. The largest absolute Gasteiger partial charge is 0.433 e. The molecular formula is C12H12ClF3N2O2. The Morgan fingerprint density at radius 2 is 2.25 bits per heavy atom. The van der Waals surface area contributed by atoms with Gasteiger partial charge in [-0.2, -0.15) is 13.2 Å². The third-order valence-electron chi connectivity index (χ3n) is 2.88. The number of carbonyl (C=O) groups is 1. The van der Waals surface area contributed by atoms with Gasteiger partial charge in [0.1, 0.15) is 5.69 Å². The Morgan fingerprint density at radius 1 is 1.50 bits per heavy atom. The molecule has 1 fully saturated rings. The first kappa shape index (κ1) is 15.1. The number of amides is 1. The standard InChI is InChI=1S/C12H12ClF3N2O2/c13-9-4-10(12(14,15)16)17-5-8(9)11(19)18-7-2-1-3-20-6-7/h4-5,7H,1-3,6H2,(H,18,19)/t7-/m1/s1. The van der Waals surface area contributed by atoms with Crippen molar-refractivity contribution in [3.8, 4) is 0 Å². The topological polar surface area (TPSA) is 51.2 Å². The monoisotopic (exact) mass is 308 g/mol. The predicted molar refractivity (Wildman–Crippen MR) is 65.6 cm³/mol. The molecular weight excluding hydrogens is 297 g/mol. The lowest BCUT2D eigenvalue weighted by atomic mass is 10.1. The maximum absolute atomic E-state index is 12.4. The second-order valence-corrected chi connectivity index (χ2v) is 4.84. The Labute approximate surface area is 118 Å². The van der Waals surface area contributed by atoms with Crippen LogP contribution in [0.5, 0.6) is 0 Å². The highest BCUT2D eigenvalue weighted by Gasteiger charge is 2.33. The summed E-state index contributed by atoms with van der Waals surface area (Å²) >= 11 is 5.72. The number of rotatable bonds is 2. The highest BCUT2D eigenvalue weighted by Crippen LogP contribution is 2.30. The van der Waals surface area contributed by atoms with E-state index in [0.29, 0.717) is 19.3 Å². The third kappa shape index (κ3) is 3.61. The van der Waals surface area contributed by atoms with Crippen LogP contribution in [0.3, 0.4) is 0 Å². The van der Waals surface area contributed by atoms with Crippen LogP contribution in [0.25, 0.3) is 0 Å². The number of nitrogens with one attached hydrogen (secondary N) is 1. The van der Waals surface area contributed by atoms with Gasteiger partial charge in [0.25, 0.3) is 5.91 Å². The highest BCUT2D eigenvalue weighted by atomic mass is 35.5. The van der Waals surface area contributed by atoms with Crippen molar-refractivity contribution in [3.63, 3.8) is 0 Å². The van der Waals surface area contributed by atoms with Crippen LogP contribution in [0.4, 0.5) is 13.2 Å². The molecule has 1 N–H and O–H groups in total. The van der Waals surface area contributed by atoms with E-state index in [0.717, 1.165) is 19.0 Å². The Hall–Kier alpha value is -1.34. The molecule has 110 valence electrons. The normalized spacial score (nSPS) is 19.7. The van der Waals surface area contributed by atoms with Crippen LogP contribution >= 0.6 is 11.6 Å². The van der Waals surface area contributed by atoms with Crippen molar-refractivity contribution in [2.45, 2.75) is 25.1 Å². The number of alkyl halides is 3. The van der Waals surface area contributed by atoms with Crippen molar-refractivity contribution < 1.29 is 22.7 Å². The number of halogens is 4. The predicted octanol–water partition coefficient (Wildman–Crippen LogP) is 2.66. The first-order chi connectivity index (χ1) is 9.38. The van der Waals surface area contributed by atoms with Crippen LogP contribution < -0.4 is 5.32 Å². The van der Waals surface area contributed by atoms with E-state index in [2.05, 4.69) is 10.3 Å². The first-order valence-corrected chi connectivity index (χ1v) is 6.37. The summed E-state index contributed by atoms with van der Waals surface area (Å²) in [5, 5.41) is 2.39. The first-order valence-electron chi connectivity index (χ1n) is 5.99. The van der Waals surface area contributed by atoms with Crippen molar-refractivity contribution in [2.75, 3.05) is 13.2 Å². The van der Waals surface area contributed by atoms with Crippen molar-refractivity contribution in [1.82, 2.24) is 10.3 Å². The van der Waals surface area contributed by atoms with Crippen LogP contribution in [0.15, 0.2) is 12.3 Å². The van der Waals surface area contributed by atoms with Crippen molar-refractivity contribution >= 4 is 17.5 Å². The lowest BCUT2D eigenvalue weighted by Gasteiger charge is -2.23. The number of nitrogens with zero attached hydrogens (tertiary/aromatic N) is 1. The van der Waals surface area contributed by atoms with Gasteiger partial charge in [-0.1, -0.05) is 11.6 Å². The smallest absolute Gasteiger partial charge is 0.379 e. The molecule has 20 heavy (non-hydrogen) atoms. The summed E-state index contributed by atoms with van der Waals surface area (Å²) in [6.07, 6.45) is -2.17. The van der Waals surface area contributed by atoms with E-state index < -0.39 is 17.8 Å². The number of aromatic nitrogens is 1. The Kier molecular flexibility index (Phi) is 4.49. The molecule has 2 rings (SSSR count). The molecule has 1 atom stereocenters. The van der Waals surface area contributed by atoms with Gasteiger partial charge in [-0.3, -0.25) is 9.78 Å². The van der Waals surface area contributed by atoms with E-state index in [1.54, 1.807) is 0 Å². The maximum Gasteiger partial charge on any atom is 0.433 e. The number of ether oxygens (including phenoxy) is 1. The molecule has 1 aromatic rings. The minimum atomic E-state index is -4.59. The molecule has 1 amide bonds. The molecule has 0 radical (unpaired) electrons. The molecule has 1 aromatic heterocycles. The molecule has 0 saturated carbocycles. The minimum Gasteiger partial charge on any atom is -0.379 e. The van der Waals surface area contributed by atoms with Gasteiger partial charge in [-0.15, -0.1) is 0 Å². The molecule has 8 heteroatoms. The van der Waals surface area contributed by atoms with Crippen LogP contribution in [-0.4, -0.2) is 30.1 Å². The lowest BCUT2D eigenvalue weighted by Crippen LogP contribution is -2.40. The maximum atomic E-state index is 12.4. The average molecular weight is 309 g/mol. The van der Waals surface area contributed by atoms with Gasteiger partial charge >= 0.3 is 6.18 Å². The number of hydrogen-bond acceptors (Lipinski definition) is 3. The van der Waals surface area contributed by atoms with Gasteiger partial charge in [0.2, 0.25) is 0 Å². The fourth-order valence-corrected chi connectivity index (χ4v) is 2.11. The average Bonchev–Trinajstić information content (AvgIpc) is 2.38. The number of carbonyl (C=O) groups excluding carboxylic acids is 1. The van der Waals surface area contributed by atoms with Crippen LogP contribution in [-0.2, 0) is 10.9 Å². The zero-order valence-corrected chi connectivity index (χ0v) is 11.1. The van der Waals surface area contributed by atoms with Gasteiger partial charge in [0.15, 0.2) is 0 Å². The van der Waals surface area contributed by atoms with Crippen LogP contribution in [0.2, 0.25) is 5.02 Å². The summed E-state index contributed by atoms with van der Waals surface area (Å²) in [5.41, 5.74) is -1.20. The van der Waals surface area contributed by atoms with E-state index >= 15 is 0 Å². The SMILES string of the molecule is O=C(N[C@@H]1CCCOC1)c1cnc(C(F)(F)F)cc1Cl. The van der Waals surface area contributed by atoms with Gasteiger partial charge in [-0.25, -0.2) is 0 Å². The fourth-order valence-electron chi connectivity index (χ4n) is 1.87. The van der Waals surface area contributed by atoms with Crippen LogP contribution in [0, 0.1) is 0 Å². The second-order valence-electron chi connectivity index (χ2n) is 4.43. The summed E-state index contributed by atoms with van der Waals surface area (Å²) < 4.78 is 42.5. The lowest BCUT2D eigenvalue weighted by molar-refractivity contribution is -0.141. The van der Waals surface area contributed by atoms with Crippen molar-refractivity contribution in [3.05, 3.63) is 28.5 Å². The molecule has 2 heterocycles. The fraction of sp³-hybridized carbons (Fsp3) is 0.500. The van der Waals surface area contributed by atoms with Gasteiger partial charge in [-0.05, 0) is 18.9 Å². The van der Waals surface area contributed by atoms with Crippen LogP contribution in [0.1, 0.15) is 28.9 Å². The van der Waals surface area contributed by atoms with E-state index in [9.17, 15) is 18.0 Å². The summed E-state index contributed by atoms with van der Waals surface area (Å²) in [5.74, 6) is -0.549. The Balaban J connectivity index is 2.10. The highest BCUT2D eigenvalue weighted by molar-refractivity contribution is 6.33. The molecule has 0 spiro atoms. The third-order valence-corrected chi connectivity index (χ3v) is 3.20. The zero-order valence-electron chi connectivity index (χ0n) is 10.3. The quantitative estimate of drug-likeness (QED) is 0.914. The van der Waals surface area contributed by atoms with Crippen molar-refractivity contribution in [2.24, 2.45) is 0 Å². The molecule has 0 aromatic carbocycles. The van der Waals surface area contributed by atoms with Gasteiger partial charge < -0.3 is 10.1 Å². The molecule has 1 aliphatic rings. The molecule has 4 nitrogen and oxygen atoms in total.